The second-order valence-corrected chi connectivity index (χ2v) is 6.11. The van der Waals surface area contributed by atoms with E-state index in [1.54, 1.807) is 7.11 Å². The minimum absolute atomic E-state index is 0.149. The molecule has 1 aromatic heterocycles. The minimum atomic E-state index is -0.197. The van der Waals surface area contributed by atoms with Gasteiger partial charge in [0.1, 0.15) is 11.9 Å². The van der Waals surface area contributed by atoms with Gasteiger partial charge in [-0.05, 0) is 19.8 Å². The topological polar surface area (TPSA) is 60.2 Å². The van der Waals surface area contributed by atoms with Crippen LogP contribution in [0.1, 0.15) is 62.6 Å². The van der Waals surface area contributed by atoms with E-state index >= 15 is 0 Å². The first-order chi connectivity index (χ1) is 10.2. The highest BCUT2D eigenvalue weighted by molar-refractivity contribution is 5.81. The average Bonchev–Trinajstić information content (AvgIpc) is 2.94. The molecule has 116 valence electrons. The van der Waals surface area contributed by atoms with Gasteiger partial charge in [-0.2, -0.15) is 0 Å². The molecule has 1 aromatic rings. The molecule has 1 aliphatic carbocycles. The summed E-state index contributed by atoms with van der Waals surface area (Å²) in [6.45, 7) is 3.68. The van der Waals surface area contributed by atoms with Gasteiger partial charge in [0.15, 0.2) is 5.82 Å². The van der Waals surface area contributed by atoms with Crippen molar-refractivity contribution in [2.45, 2.75) is 57.5 Å². The number of nitrogens with zero attached hydrogens (tertiary/aromatic N) is 4. The van der Waals surface area contributed by atoms with E-state index in [1.807, 2.05) is 11.8 Å². The van der Waals surface area contributed by atoms with Gasteiger partial charge in [-0.15, -0.1) is 10.2 Å². The molecule has 3 rings (SSSR count). The Morgan fingerprint density at radius 2 is 2.00 bits per heavy atom. The van der Waals surface area contributed by atoms with Crippen LogP contribution in [0.15, 0.2) is 0 Å². The molecule has 0 aromatic carbocycles. The van der Waals surface area contributed by atoms with Crippen molar-refractivity contribution in [1.82, 2.24) is 19.7 Å². The Hall–Kier alpha value is -1.43. The lowest BCUT2D eigenvalue weighted by molar-refractivity contribution is -0.137. The summed E-state index contributed by atoms with van der Waals surface area (Å²) in [5.74, 6) is 2.56. The summed E-state index contributed by atoms with van der Waals surface area (Å²) in [5, 5.41) is 8.78. The minimum Gasteiger partial charge on any atom is -0.383 e. The second kappa shape index (κ2) is 6.13. The molecule has 0 N–H and O–H groups in total. The molecule has 21 heavy (non-hydrogen) atoms. The molecule has 0 saturated heterocycles. The smallest absolute Gasteiger partial charge is 0.245 e. The van der Waals surface area contributed by atoms with E-state index in [4.69, 9.17) is 4.74 Å². The Morgan fingerprint density at radius 3 is 2.71 bits per heavy atom. The molecule has 0 radical (unpaired) electrons. The molecular formula is C15H24N4O2. The summed E-state index contributed by atoms with van der Waals surface area (Å²) in [4.78, 5) is 14.3. The van der Waals surface area contributed by atoms with Crippen molar-refractivity contribution in [1.29, 1.82) is 0 Å². The SMILES string of the molecule is COCCN1Cc2nnc(C3CCCCC3)n2[C@@H](C)C1=O. The number of rotatable bonds is 4. The van der Waals surface area contributed by atoms with E-state index in [-0.39, 0.29) is 11.9 Å². The highest BCUT2D eigenvalue weighted by atomic mass is 16.5. The standard InChI is InChI=1S/C15H24N4O2/c1-11-15(20)18(8-9-21-2)10-13-16-17-14(19(11)13)12-6-4-3-5-7-12/h11-12H,3-10H2,1-2H3/t11-/m0/s1. The molecule has 1 atom stereocenters. The van der Waals surface area contributed by atoms with Crippen molar-refractivity contribution >= 4 is 5.91 Å². The summed E-state index contributed by atoms with van der Waals surface area (Å²) in [7, 11) is 1.65. The molecule has 1 saturated carbocycles. The number of methoxy groups -OCH3 is 1. The van der Waals surface area contributed by atoms with E-state index in [0.717, 1.165) is 11.6 Å². The molecule has 2 heterocycles. The molecule has 1 fully saturated rings. The predicted molar refractivity (Wildman–Crippen MR) is 77.9 cm³/mol. The van der Waals surface area contributed by atoms with Gasteiger partial charge in [0.05, 0.1) is 13.2 Å². The highest BCUT2D eigenvalue weighted by Crippen LogP contribution is 2.34. The lowest BCUT2D eigenvalue weighted by Crippen LogP contribution is -2.43. The van der Waals surface area contributed by atoms with Crippen LogP contribution < -0.4 is 0 Å². The zero-order valence-electron chi connectivity index (χ0n) is 12.9. The van der Waals surface area contributed by atoms with Crippen LogP contribution in [0.5, 0.6) is 0 Å². The highest BCUT2D eigenvalue weighted by Gasteiger charge is 2.35. The number of hydrogen-bond donors (Lipinski definition) is 0. The van der Waals surface area contributed by atoms with E-state index in [0.29, 0.717) is 25.6 Å². The van der Waals surface area contributed by atoms with Crippen LogP contribution in [0.25, 0.3) is 0 Å². The Bertz CT molecular complexity index is 508. The molecule has 2 aliphatic rings. The van der Waals surface area contributed by atoms with E-state index in [2.05, 4.69) is 14.8 Å². The van der Waals surface area contributed by atoms with Gasteiger partial charge in [0.25, 0.3) is 0 Å². The van der Waals surface area contributed by atoms with Gasteiger partial charge in [0.2, 0.25) is 5.91 Å². The normalized spacial score (nSPS) is 23.4. The average molecular weight is 292 g/mol. The summed E-state index contributed by atoms with van der Waals surface area (Å²) < 4.78 is 7.16. The van der Waals surface area contributed by atoms with Crippen LogP contribution in [-0.2, 0) is 16.1 Å². The van der Waals surface area contributed by atoms with Gasteiger partial charge in [-0.25, -0.2) is 0 Å². The Kier molecular flexibility index (Phi) is 4.24. The first-order valence-corrected chi connectivity index (χ1v) is 7.93. The number of carbonyl (C=O) groups is 1. The first-order valence-electron chi connectivity index (χ1n) is 7.93. The third-order valence-electron chi connectivity index (χ3n) is 4.72. The molecule has 6 nitrogen and oxygen atoms in total. The third-order valence-corrected chi connectivity index (χ3v) is 4.72. The third kappa shape index (κ3) is 2.69. The predicted octanol–water partition coefficient (Wildman–Crippen LogP) is 1.88. The number of aromatic nitrogens is 3. The molecular weight excluding hydrogens is 268 g/mol. The zero-order chi connectivity index (χ0) is 14.8. The van der Waals surface area contributed by atoms with Gasteiger partial charge in [0, 0.05) is 19.6 Å². The van der Waals surface area contributed by atoms with E-state index < -0.39 is 0 Å². The molecule has 1 aliphatic heterocycles. The maximum absolute atomic E-state index is 12.5. The summed E-state index contributed by atoms with van der Waals surface area (Å²) in [5.41, 5.74) is 0. The van der Waals surface area contributed by atoms with Gasteiger partial charge in [-0.1, -0.05) is 19.3 Å². The molecule has 0 bridgehead atoms. The van der Waals surface area contributed by atoms with Crippen LogP contribution in [0.2, 0.25) is 0 Å². The maximum atomic E-state index is 12.5. The molecule has 1 amide bonds. The fourth-order valence-corrected chi connectivity index (χ4v) is 3.52. The molecule has 6 heteroatoms. The summed E-state index contributed by atoms with van der Waals surface area (Å²) >= 11 is 0. The van der Waals surface area contributed by atoms with Gasteiger partial charge < -0.3 is 14.2 Å². The van der Waals surface area contributed by atoms with Crippen LogP contribution in [0, 0.1) is 0 Å². The number of amides is 1. The zero-order valence-corrected chi connectivity index (χ0v) is 12.9. The number of fused-ring (bicyclic) bond motifs is 1. The quantitative estimate of drug-likeness (QED) is 0.850. The van der Waals surface area contributed by atoms with Crippen LogP contribution >= 0.6 is 0 Å². The van der Waals surface area contributed by atoms with Crippen molar-refractivity contribution in [3.8, 4) is 0 Å². The van der Waals surface area contributed by atoms with Crippen molar-refractivity contribution in [2.24, 2.45) is 0 Å². The lowest BCUT2D eigenvalue weighted by atomic mass is 9.88. The molecule has 0 unspecified atom stereocenters. The van der Waals surface area contributed by atoms with Crippen molar-refractivity contribution in [3.05, 3.63) is 11.6 Å². The first kappa shape index (κ1) is 14.5. The largest absolute Gasteiger partial charge is 0.383 e. The molecule has 0 spiro atoms. The summed E-state index contributed by atoms with van der Waals surface area (Å²) in [6, 6.07) is -0.197. The van der Waals surface area contributed by atoms with E-state index in [1.165, 1.54) is 32.1 Å². The van der Waals surface area contributed by atoms with Crippen LogP contribution in [0.3, 0.4) is 0 Å². The second-order valence-electron chi connectivity index (χ2n) is 6.11. The van der Waals surface area contributed by atoms with Crippen molar-refractivity contribution in [2.75, 3.05) is 20.3 Å². The van der Waals surface area contributed by atoms with Crippen LogP contribution in [-0.4, -0.2) is 45.8 Å². The van der Waals surface area contributed by atoms with Gasteiger partial charge >= 0.3 is 0 Å². The lowest BCUT2D eigenvalue weighted by Gasteiger charge is -2.33. The van der Waals surface area contributed by atoms with Crippen molar-refractivity contribution in [3.63, 3.8) is 0 Å². The van der Waals surface area contributed by atoms with Gasteiger partial charge in [-0.3, -0.25) is 4.79 Å². The van der Waals surface area contributed by atoms with Crippen molar-refractivity contribution < 1.29 is 9.53 Å². The number of carbonyl (C=O) groups excluding carboxylic acids is 1. The number of ether oxygens (including phenoxy) is 1. The Labute approximate surface area is 125 Å². The Morgan fingerprint density at radius 1 is 1.24 bits per heavy atom. The number of hydrogen-bond acceptors (Lipinski definition) is 4. The monoisotopic (exact) mass is 292 g/mol. The maximum Gasteiger partial charge on any atom is 0.245 e. The fourth-order valence-electron chi connectivity index (χ4n) is 3.52. The summed E-state index contributed by atoms with van der Waals surface area (Å²) in [6.07, 6.45) is 6.18. The van der Waals surface area contributed by atoms with E-state index in [9.17, 15) is 4.79 Å². The van der Waals surface area contributed by atoms with Crippen LogP contribution in [0.4, 0.5) is 0 Å². The fraction of sp³-hybridized carbons (Fsp3) is 0.800. The Balaban J connectivity index is 1.84.